The Hall–Kier alpha value is -0.410. The Bertz CT molecular complexity index is 839. The van der Waals surface area contributed by atoms with Crippen LogP contribution in [0.4, 0.5) is 0 Å². The molecule has 0 bridgehead atoms. The van der Waals surface area contributed by atoms with Gasteiger partial charge in [-0.25, -0.2) is 0 Å². The number of aliphatic imine (C=N–C) groups is 1. The van der Waals surface area contributed by atoms with Crippen LogP contribution in [0.1, 0.15) is 38.7 Å². The molecule has 2 nitrogen and oxygen atoms in total. The van der Waals surface area contributed by atoms with Crippen molar-refractivity contribution in [2.24, 2.45) is 16.8 Å². The van der Waals surface area contributed by atoms with Gasteiger partial charge in [-0.15, -0.1) is 0 Å². The van der Waals surface area contributed by atoms with Crippen molar-refractivity contribution in [3.05, 3.63) is 48.0 Å². The molecule has 162 valence electrons. The summed E-state index contributed by atoms with van der Waals surface area (Å²) in [5, 5.41) is 12.1. The van der Waals surface area contributed by atoms with Crippen molar-refractivity contribution in [3.63, 3.8) is 0 Å². The second-order valence-corrected chi connectivity index (χ2v) is 18.0. The molecule has 0 aliphatic heterocycles. The summed E-state index contributed by atoms with van der Waals surface area (Å²) in [4.78, 5) is 4.93. The summed E-state index contributed by atoms with van der Waals surface area (Å²) in [5.74, 6) is 1.75. The molecule has 0 amide bonds. The molecule has 1 aliphatic rings. The fourth-order valence-corrected chi connectivity index (χ4v) is 5.51. The van der Waals surface area contributed by atoms with E-state index in [4.69, 9.17) is 22.0 Å². The Balaban J connectivity index is 0.00000101. The van der Waals surface area contributed by atoms with E-state index in [1.807, 2.05) is 12.3 Å². The first-order chi connectivity index (χ1) is 14.2. The van der Waals surface area contributed by atoms with E-state index in [9.17, 15) is 5.11 Å². The molecule has 3 atom stereocenters. The standard InChI is InChI=1S/C24H33NOSi.2ClH.Zr/c1-17-10-9-13-22(18(17)2)25-16-21-14-20(19-11-7-6-8-12-19)15-23(24(21)26)27(3,4)5;;;/h6-8,11-12,14-18,22,26H,9-10,13H2,1-5H3;2*1H;/q;;;+2/p-2. The molecular weight excluding hydrogens is 508 g/mol. The van der Waals surface area contributed by atoms with Crippen LogP contribution in [0.25, 0.3) is 11.1 Å². The maximum atomic E-state index is 11.0. The number of nitrogens with zero attached hydrogens (tertiary/aromatic N) is 1. The molecule has 1 aliphatic carbocycles. The monoisotopic (exact) mass is 539 g/mol. The third kappa shape index (κ3) is 7.05. The van der Waals surface area contributed by atoms with Crippen LogP contribution < -0.4 is 5.19 Å². The van der Waals surface area contributed by atoms with Crippen molar-refractivity contribution >= 4 is 36.5 Å². The molecule has 0 heterocycles. The van der Waals surface area contributed by atoms with Gasteiger partial charge in [0.15, 0.2) is 0 Å². The number of halogens is 2. The molecule has 2 aromatic carbocycles. The number of hydrogen-bond donors (Lipinski definition) is 1. The van der Waals surface area contributed by atoms with E-state index >= 15 is 0 Å². The summed E-state index contributed by atoms with van der Waals surface area (Å²) in [6, 6.07) is 15.1. The van der Waals surface area contributed by atoms with Crippen molar-refractivity contribution < 1.29 is 26.0 Å². The summed E-state index contributed by atoms with van der Waals surface area (Å²) in [5.41, 5.74) is 3.21. The van der Waals surface area contributed by atoms with Crippen LogP contribution in [-0.4, -0.2) is 25.4 Å². The Morgan fingerprint density at radius 2 is 1.67 bits per heavy atom. The minimum absolute atomic E-state index is 0.365. The van der Waals surface area contributed by atoms with Gasteiger partial charge < -0.3 is 5.11 Å². The summed E-state index contributed by atoms with van der Waals surface area (Å²) in [6.45, 7) is 11.5. The second-order valence-electron chi connectivity index (χ2n) is 9.26. The van der Waals surface area contributed by atoms with E-state index < -0.39 is 28.9 Å². The molecule has 0 saturated heterocycles. The van der Waals surface area contributed by atoms with E-state index in [0.717, 1.165) is 28.7 Å². The zero-order valence-electron chi connectivity index (χ0n) is 18.6. The summed E-state index contributed by atoms with van der Waals surface area (Å²) >= 11 is -0.826. The Morgan fingerprint density at radius 3 is 2.27 bits per heavy atom. The number of hydrogen-bond acceptors (Lipinski definition) is 2. The molecule has 3 unspecified atom stereocenters. The first kappa shape index (κ1) is 25.8. The van der Waals surface area contributed by atoms with Gasteiger partial charge in [0.1, 0.15) is 5.75 Å². The van der Waals surface area contributed by atoms with Gasteiger partial charge in [-0.1, -0.05) is 82.7 Å². The van der Waals surface area contributed by atoms with E-state index in [1.54, 1.807) is 0 Å². The molecule has 0 radical (unpaired) electrons. The van der Waals surface area contributed by atoms with Crippen molar-refractivity contribution in [2.75, 3.05) is 0 Å². The predicted octanol–water partition coefficient (Wildman–Crippen LogP) is 7.22. The molecule has 6 heteroatoms. The summed E-state index contributed by atoms with van der Waals surface area (Å²) in [7, 11) is 8.19. The average molecular weight is 542 g/mol. The van der Waals surface area contributed by atoms with Crippen molar-refractivity contribution in [1.29, 1.82) is 0 Å². The van der Waals surface area contributed by atoms with Gasteiger partial charge in [-0.05, 0) is 40.6 Å². The van der Waals surface area contributed by atoms with Crippen LogP contribution in [0.3, 0.4) is 0 Å². The van der Waals surface area contributed by atoms with Gasteiger partial charge in [0.2, 0.25) is 0 Å². The number of rotatable bonds is 4. The van der Waals surface area contributed by atoms with E-state index in [1.165, 1.54) is 18.4 Å². The van der Waals surface area contributed by atoms with Crippen molar-refractivity contribution in [2.45, 2.75) is 58.8 Å². The van der Waals surface area contributed by atoms with Crippen molar-refractivity contribution in [1.82, 2.24) is 0 Å². The zero-order valence-corrected chi connectivity index (χ0v) is 23.6. The number of phenolic OH excluding ortho intramolecular Hbond substituents is 1. The van der Waals surface area contributed by atoms with E-state index in [0.29, 0.717) is 17.7 Å². The number of aromatic hydroxyl groups is 1. The summed E-state index contributed by atoms with van der Waals surface area (Å²) in [6.07, 6.45) is 5.65. The minimum atomic E-state index is -1.68. The van der Waals surface area contributed by atoms with Crippen LogP contribution in [0, 0.1) is 11.8 Å². The van der Waals surface area contributed by atoms with Crippen LogP contribution >= 0.6 is 17.0 Å². The van der Waals surface area contributed by atoms with Gasteiger partial charge in [-0.2, -0.15) is 0 Å². The quantitative estimate of drug-likeness (QED) is 0.322. The molecule has 1 N–H and O–H groups in total. The molecular formula is C24H33Cl2NOSiZr. The molecule has 0 aromatic heterocycles. The third-order valence-electron chi connectivity index (χ3n) is 6.12. The molecule has 0 spiro atoms. The fourth-order valence-electron chi connectivity index (χ4n) is 4.06. The molecule has 1 saturated carbocycles. The number of phenols is 1. The molecule has 3 rings (SSSR count). The van der Waals surface area contributed by atoms with Gasteiger partial charge in [0.05, 0.1) is 14.1 Å². The van der Waals surface area contributed by atoms with Gasteiger partial charge in [0.25, 0.3) is 0 Å². The van der Waals surface area contributed by atoms with E-state index in [-0.39, 0.29) is 0 Å². The van der Waals surface area contributed by atoms with Crippen LogP contribution in [-0.2, 0) is 20.8 Å². The molecule has 1 fully saturated rings. The average Bonchev–Trinajstić information content (AvgIpc) is 2.70. The van der Waals surface area contributed by atoms with Crippen LogP contribution in [0.2, 0.25) is 19.6 Å². The van der Waals surface area contributed by atoms with Gasteiger partial charge in [0, 0.05) is 11.8 Å². The molecule has 2 aromatic rings. The van der Waals surface area contributed by atoms with E-state index in [2.05, 4.69) is 69.9 Å². The SMILES string of the molecule is CC1CCCC(N=Cc2cc(-c3ccccc3)cc([Si](C)(C)C)c2O)C1C.[Cl][Zr][Cl]. The number of benzene rings is 2. The first-order valence-electron chi connectivity index (χ1n) is 10.6. The third-order valence-corrected chi connectivity index (χ3v) is 8.12. The van der Waals surface area contributed by atoms with Crippen molar-refractivity contribution in [3.8, 4) is 16.9 Å². The normalized spacial score (nSPS) is 21.8. The Labute approximate surface area is 201 Å². The first-order valence-corrected chi connectivity index (χ1v) is 20.4. The fraction of sp³-hybridized carbons (Fsp3) is 0.458. The molecule has 30 heavy (non-hydrogen) atoms. The second kappa shape index (κ2) is 12.0. The zero-order chi connectivity index (χ0) is 22.3. The Kier molecular flexibility index (Phi) is 10.3. The topological polar surface area (TPSA) is 32.6 Å². The Morgan fingerprint density at radius 1 is 1.03 bits per heavy atom. The van der Waals surface area contributed by atoms with Crippen LogP contribution in [0.5, 0.6) is 5.75 Å². The maximum absolute atomic E-state index is 11.0. The van der Waals surface area contributed by atoms with Crippen LogP contribution in [0.15, 0.2) is 47.5 Å². The van der Waals surface area contributed by atoms with Gasteiger partial charge in [-0.3, -0.25) is 4.99 Å². The predicted molar refractivity (Wildman–Crippen MR) is 132 cm³/mol. The summed E-state index contributed by atoms with van der Waals surface area (Å²) < 4.78 is 0. The van der Waals surface area contributed by atoms with Gasteiger partial charge >= 0.3 is 37.9 Å².